The van der Waals surface area contributed by atoms with Gasteiger partial charge in [-0.3, -0.25) is 4.79 Å². The zero-order valence-electron chi connectivity index (χ0n) is 8.75. The Bertz CT molecular complexity index is 212. The molecule has 0 bridgehead atoms. The van der Waals surface area contributed by atoms with Gasteiger partial charge >= 0.3 is 5.97 Å². The second kappa shape index (κ2) is 11.8. The van der Waals surface area contributed by atoms with E-state index in [0.29, 0.717) is 0 Å². The summed E-state index contributed by atoms with van der Waals surface area (Å²) in [4.78, 5) is 18.5. The van der Waals surface area contributed by atoms with Gasteiger partial charge in [-0.15, -0.1) is 0 Å². The SMILES string of the molecule is O=C(O)[C@H](O)[C@@H](O)[C@H](O)[C@H](O)CO.O=CO.[Zn]. The first-order valence-corrected chi connectivity index (χ1v) is 3.97. The fraction of sp³-hybridized carbons (Fsp3) is 0.714. The van der Waals surface area contributed by atoms with Gasteiger partial charge in [0.2, 0.25) is 0 Å². The number of rotatable bonds is 5. The number of hydrogen-bond donors (Lipinski definition) is 7. The molecule has 0 spiro atoms. The van der Waals surface area contributed by atoms with Crippen molar-refractivity contribution in [2.75, 3.05) is 6.61 Å². The summed E-state index contributed by atoms with van der Waals surface area (Å²) in [5, 5.41) is 58.7. The molecule has 0 aromatic rings. The van der Waals surface area contributed by atoms with Crippen LogP contribution in [0.15, 0.2) is 0 Å². The van der Waals surface area contributed by atoms with Gasteiger partial charge in [-0.1, -0.05) is 0 Å². The van der Waals surface area contributed by atoms with Gasteiger partial charge in [-0.25, -0.2) is 4.79 Å². The van der Waals surface area contributed by atoms with Crippen LogP contribution in [0.2, 0.25) is 0 Å². The number of carboxylic acids is 1. The Morgan fingerprint density at radius 2 is 1.47 bits per heavy atom. The fourth-order valence-corrected chi connectivity index (χ4v) is 0.668. The van der Waals surface area contributed by atoms with Gasteiger partial charge in [0, 0.05) is 19.5 Å². The van der Waals surface area contributed by atoms with E-state index < -0.39 is 37.0 Å². The minimum absolute atomic E-state index is 0. The molecule has 0 aromatic heterocycles. The smallest absolute Gasteiger partial charge is 0.335 e. The minimum atomic E-state index is -2.20. The van der Waals surface area contributed by atoms with E-state index in [-0.39, 0.29) is 26.0 Å². The molecule has 0 saturated carbocycles. The summed E-state index contributed by atoms with van der Waals surface area (Å²) < 4.78 is 0. The molecule has 0 aliphatic carbocycles. The minimum Gasteiger partial charge on any atom is -0.483 e. The van der Waals surface area contributed by atoms with E-state index in [9.17, 15) is 4.79 Å². The second-order valence-corrected chi connectivity index (χ2v) is 2.62. The summed E-state index contributed by atoms with van der Waals surface area (Å²) in [7, 11) is 0. The van der Waals surface area contributed by atoms with Gasteiger partial charge in [-0.2, -0.15) is 0 Å². The third kappa shape index (κ3) is 9.10. The van der Waals surface area contributed by atoms with E-state index in [1.54, 1.807) is 0 Å². The predicted octanol–water partition coefficient (Wildman–Crippen LogP) is -3.79. The van der Waals surface area contributed by atoms with Crippen LogP contribution in [0.1, 0.15) is 0 Å². The quantitative estimate of drug-likeness (QED) is 0.198. The van der Waals surface area contributed by atoms with Crippen LogP contribution in [-0.4, -0.2) is 79.2 Å². The van der Waals surface area contributed by atoms with Gasteiger partial charge < -0.3 is 35.7 Å². The summed E-state index contributed by atoms with van der Waals surface area (Å²) in [6.07, 6.45) is -7.84. The first kappa shape index (κ1) is 21.6. The number of aliphatic carboxylic acids is 1. The Morgan fingerprint density at radius 3 is 1.71 bits per heavy atom. The third-order valence-electron chi connectivity index (χ3n) is 1.51. The van der Waals surface area contributed by atoms with E-state index in [1.807, 2.05) is 0 Å². The van der Waals surface area contributed by atoms with Crippen LogP contribution in [0, 0.1) is 0 Å². The van der Waals surface area contributed by atoms with Crippen molar-refractivity contribution < 1.29 is 64.8 Å². The van der Waals surface area contributed by atoms with Crippen molar-refractivity contribution in [3.05, 3.63) is 0 Å². The normalized spacial score (nSPS) is 16.3. The fourth-order valence-electron chi connectivity index (χ4n) is 0.668. The van der Waals surface area contributed by atoms with Gasteiger partial charge in [0.25, 0.3) is 6.47 Å². The average Bonchev–Trinajstić information content (AvgIpc) is 2.25. The van der Waals surface area contributed by atoms with E-state index in [0.717, 1.165) is 0 Å². The number of carbonyl (C=O) groups is 2. The molecule has 98 valence electrons. The molecule has 0 amide bonds. The summed E-state index contributed by atoms with van der Waals surface area (Å²) >= 11 is 0. The van der Waals surface area contributed by atoms with Crippen LogP contribution < -0.4 is 0 Å². The molecule has 17 heavy (non-hydrogen) atoms. The largest absolute Gasteiger partial charge is 0.483 e. The maximum atomic E-state index is 10.1. The average molecular weight is 308 g/mol. The summed E-state index contributed by atoms with van der Waals surface area (Å²) in [6, 6.07) is 0. The first-order chi connectivity index (χ1) is 7.33. The van der Waals surface area contributed by atoms with Gasteiger partial charge in [-0.05, 0) is 0 Å². The van der Waals surface area contributed by atoms with Crippen LogP contribution in [0.3, 0.4) is 0 Å². The number of aliphatic hydroxyl groups is 5. The Balaban J connectivity index is -0.000000440. The molecule has 0 heterocycles. The van der Waals surface area contributed by atoms with E-state index in [2.05, 4.69) is 0 Å². The Morgan fingerprint density at radius 1 is 1.12 bits per heavy atom. The first-order valence-electron chi connectivity index (χ1n) is 3.97. The molecular weight excluding hydrogens is 293 g/mol. The zero-order valence-corrected chi connectivity index (χ0v) is 11.7. The van der Waals surface area contributed by atoms with Crippen LogP contribution in [-0.2, 0) is 29.1 Å². The zero-order chi connectivity index (χ0) is 13.3. The maximum Gasteiger partial charge on any atom is 0.335 e. The molecule has 0 fully saturated rings. The molecule has 9 nitrogen and oxygen atoms in total. The molecule has 0 rings (SSSR count). The van der Waals surface area contributed by atoms with Crippen molar-refractivity contribution in [2.24, 2.45) is 0 Å². The predicted molar refractivity (Wildman–Crippen MR) is 47.4 cm³/mol. The summed E-state index contributed by atoms with van der Waals surface area (Å²) in [5.74, 6) is -1.73. The number of hydrogen-bond acceptors (Lipinski definition) is 7. The molecule has 10 heteroatoms. The van der Waals surface area contributed by atoms with Crippen molar-refractivity contribution in [2.45, 2.75) is 24.4 Å². The Hall–Kier alpha value is -0.637. The van der Waals surface area contributed by atoms with Crippen LogP contribution in [0.25, 0.3) is 0 Å². The van der Waals surface area contributed by atoms with Crippen LogP contribution in [0.5, 0.6) is 0 Å². The summed E-state index contributed by atoms with van der Waals surface area (Å²) in [5.41, 5.74) is 0. The second-order valence-electron chi connectivity index (χ2n) is 2.62. The van der Waals surface area contributed by atoms with E-state index >= 15 is 0 Å². The molecule has 0 radical (unpaired) electrons. The molecule has 0 aliphatic rings. The topological polar surface area (TPSA) is 176 Å². The van der Waals surface area contributed by atoms with Crippen molar-refractivity contribution in [1.29, 1.82) is 0 Å². The molecular formula is C7H14O9Zn. The number of carboxylic acid groups (broad SMARTS) is 2. The monoisotopic (exact) mass is 306 g/mol. The molecule has 0 aliphatic heterocycles. The van der Waals surface area contributed by atoms with Crippen molar-refractivity contribution in [3.8, 4) is 0 Å². The molecule has 4 atom stereocenters. The standard InChI is InChI=1S/C6H12O7.CH2O2.Zn/c7-1-2(8)3(9)4(10)5(11)6(12)13;2-1-3;/h2-5,7-11H,1H2,(H,12,13);1H,(H,2,3);/t2-,3-,4+,5-;;/m1../s1. The Kier molecular flexibility index (Phi) is 15.1. The van der Waals surface area contributed by atoms with Gasteiger partial charge in [0.15, 0.2) is 6.10 Å². The van der Waals surface area contributed by atoms with Crippen LogP contribution in [0.4, 0.5) is 0 Å². The molecule has 0 saturated heterocycles. The van der Waals surface area contributed by atoms with Crippen LogP contribution >= 0.6 is 0 Å². The van der Waals surface area contributed by atoms with Crippen molar-refractivity contribution in [1.82, 2.24) is 0 Å². The third-order valence-corrected chi connectivity index (χ3v) is 1.51. The van der Waals surface area contributed by atoms with Gasteiger partial charge in [0.1, 0.15) is 18.3 Å². The molecule has 7 N–H and O–H groups in total. The number of aliphatic hydroxyl groups excluding tert-OH is 5. The van der Waals surface area contributed by atoms with Gasteiger partial charge in [0.05, 0.1) is 6.61 Å². The Labute approximate surface area is 109 Å². The van der Waals surface area contributed by atoms with Crippen molar-refractivity contribution in [3.63, 3.8) is 0 Å². The van der Waals surface area contributed by atoms with Crippen molar-refractivity contribution >= 4 is 12.4 Å². The van der Waals surface area contributed by atoms with E-state index in [1.165, 1.54) is 0 Å². The molecule has 0 aromatic carbocycles. The molecule has 0 unspecified atom stereocenters. The van der Waals surface area contributed by atoms with E-state index in [4.69, 9.17) is 40.5 Å². The summed E-state index contributed by atoms with van der Waals surface area (Å²) in [6.45, 7) is -1.09. The maximum absolute atomic E-state index is 10.1.